The van der Waals surface area contributed by atoms with Crippen LogP contribution in [0.25, 0.3) is 11.3 Å². The lowest BCUT2D eigenvalue weighted by Gasteiger charge is -2.03. The molecule has 2 rings (SSSR count). The van der Waals surface area contributed by atoms with Crippen molar-refractivity contribution in [1.82, 2.24) is 9.97 Å². The molecule has 0 saturated heterocycles. The number of aryl methyl sites for hydroxylation is 2. The number of nitrogens with two attached hydrogens (primary N) is 1. The third-order valence-corrected chi connectivity index (χ3v) is 2.90. The van der Waals surface area contributed by atoms with Gasteiger partial charge in [-0.05, 0) is 25.8 Å². The largest absolute Gasteiger partial charge is 0.342 e. The molecular formula is C14H19N3. The van der Waals surface area contributed by atoms with Crippen molar-refractivity contribution >= 4 is 0 Å². The van der Waals surface area contributed by atoms with Crippen LogP contribution in [0, 0.1) is 6.92 Å². The molecule has 1 unspecified atom stereocenters. The first-order valence-corrected chi connectivity index (χ1v) is 6.02. The Morgan fingerprint density at radius 2 is 2.12 bits per heavy atom. The average Bonchev–Trinajstić information content (AvgIpc) is 2.75. The van der Waals surface area contributed by atoms with E-state index in [9.17, 15) is 0 Å². The molecule has 0 aliphatic heterocycles. The van der Waals surface area contributed by atoms with Crippen molar-refractivity contribution in [1.29, 1.82) is 0 Å². The highest BCUT2D eigenvalue weighted by Crippen LogP contribution is 2.21. The number of aromatic amines is 1. The van der Waals surface area contributed by atoms with Gasteiger partial charge in [-0.2, -0.15) is 0 Å². The summed E-state index contributed by atoms with van der Waals surface area (Å²) in [5, 5.41) is 0. The van der Waals surface area contributed by atoms with Gasteiger partial charge in [-0.1, -0.05) is 24.3 Å². The summed E-state index contributed by atoms with van der Waals surface area (Å²) >= 11 is 0. The van der Waals surface area contributed by atoms with Gasteiger partial charge in [0.15, 0.2) is 0 Å². The summed E-state index contributed by atoms with van der Waals surface area (Å²) in [7, 11) is 0. The van der Waals surface area contributed by atoms with Gasteiger partial charge in [0.25, 0.3) is 0 Å². The topological polar surface area (TPSA) is 54.7 Å². The molecule has 2 aromatic rings. The quantitative estimate of drug-likeness (QED) is 0.846. The fourth-order valence-corrected chi connectivity index (χ4v) is 1.87. The van der Waals surface area contributed by atoms with Crippen LogP contribution in [0.2, 0.25) is 0 Å². The number of nitrogens with zero attached hydrogens (tertiary/aromatic N) is 1. The molecule has 3 N–H and O–H groups in total. The molecule has 0 aliphatic rings. The van der Waals surface area contributed by atoms with Crippen molar-refractivity contribution < 1.29 is 0 Å². The molecule has 1 aromatic heterocycles. The van der Waals surface area contributed by atoms with E-state index in [1.54, 1.807) is 0 Å². The Balaban J connectivity index is 2.16. The zero-order valence-corrected chi connectivity index (χ0v) is 10.4. The lowest BCUT2D eigenvalue weighted by Crippen LogP contribution is -2.15. The number of imidazole rings is 1. The summed E-state index contributed by atoms with van der Waals surface area (Å²) in [6.45, 7) is 4.13. The lowest BCUT2D eigenvalue weighted by molar-refractivity contribution is 0.652. The molecule has 1 aromatic carbocycles. The SMILES string of the molecule is Cc1ccccc1-c1cnc(CCC(C)N)[nH]1. The van der Waals surface area contributed by atoms with Crippen LogP contribution < -0.4 is 5.73 Å². The van der Waals surface area contributed by atoms with Crippen LogP contribution in [-0.4, -0.2) is 16.0 Å². The standard InChI is InChI=1S/C14H19N3/c1-10-5-3-4-6-12(10)13-9-16-14(17-13)8-7-11(2)15/h3-6,9,11H,7-8,15H2,1-2H3,(H,16,17). The average molecular weight is 229 g/mol. The lowest BCUT2D eigenvalue weighted by atomic mass is 10.1. The molecule has 0 aliphatic carbocycles. The Bertz CT molecular complexity index is 486. The van der Waals surface area contributed by atoms with E-state index in [0.717, 1.165) is 24.4 Å². The Hall–Kier alpha value is -1.61. The van der Waals surface area contributed by atoms with E-state index in [1.165, 1.54) is 11.1 Å². The van der Waals surface area contributed by atoms with Gasteiger partial charge in [-0.25, -0.2) is 4.98 Å². The van der Waals surface area contributed by atoms with E-state index in [1.807, 2.05) is 25.3 Å². The predicted octanol–water partition coefficient (Wildman–Crippen LogP) is 2.66. The van der Waals surface area contributed by atoms with Gasteiger partial charge in [-0.3, -0.25) is 0 Å². The van der Waals surface area contributed by atoms with E-state index in [-0.39, 0.29) is 6.04 Å². The summed E-state index contributed by atoms with van der Waals surface area (Å²) in [5.74, 6) is 1.01. The maximum absolute atomic E-state index is 5.74. The summed E-state index contributed by atoms with van der Waals surface area (Å²) in [4.78, 5) is 7.75. The van der Waals surface area contributed by atoms with Crippen LogP contribution in [0.15, 0.2) is 30.5 Å². The molecule has 3 heteroatoms. The zero-order chi connectivity index (χ0) is 12.3. The minimum atomic E-state index is 0.224. The molecule has 90 valence electrons. The zero-order valence-electron chi connectivity index (χ0n) is 10.4. The van der Waals surface area contributed by atoms with Crippen LogP contribution >= 0.6 is 0 Å². The second-order valence-corrected chi connectivity index (χ2v) is 4.57. The number of hydrogen-bond donors (Lipinski definition) is 2. The van der Waals surface area contributed by atoms with E-state index in [2.05, 4.69) is 29.0 Å². The smallest absolute Gasteiger partial charge is 0.106 e. The molecule has 0 fully saturated rings. The second-order valence-electron chi connectivity index (χ2n) is 4.57. The Morgan fingerprint density at radius 1 is 1.35 bits per heavy atom. The van der Waals surface area contributed by atoms with Crippen molar-refractivity contribution in [3.63, 3.8) is 0 Å². The normalized spacial score (nSPS) is 12.6. The van der Waals surface area contributed by atoms with Crippen molar-refractivity contribution in [2.24, 2.45) is 5.73 Å². The first kappa shape index (κ1) is 11.9. The van der Waals surface area contributed by atoms with Gasteiger partial charge in [0.2, 0.25) is 0 Å². The molecule has 1 atom stereocenters. The number of aromatic nitrogens is 2. The predicted molar refractivity (Wildman–Crippen MR) is 70.7 cm³/mol. The fraction of sp³-hybridized carbons (Fsp3) is 0.357. The third kappa shape index (κ3) is 2.94. The number of benzene rings is 1. The maximum Gasteiger partial charge on any atom is 0.106 e. The van der Waals surface area contributed by atoms with Crippen molar-refractivity contribution in [3.8, 4) is 11.3 Å². The molecule has 17 heavy (non-hydrogen) atoms. The highest BCUT2D eigenvalue weighted by Gasteiger charge is 2.05. The van der Waals surface area contributed by atoms with Gasteiger partial charge in [0.1, 0.15) is 5.82 Å². The molecule has 3 nitrogen and oxygen atoms in total. The van der Waals surface area contributed by atoms with Crippen LogP contribution in [0.3, 0.4) is 0 Å². The van der Waals surface area contributed by atoms with Gasteiger partial charge < -0.3 is 10.7 Å². The monoisotopic (exact) mass is 229 g/mol. The molecule has 1 heterocycles. The van der Waals surface area contributed by atoms with Crippen molar-refractivity contribution in [3.05, 3.63) is 41.9 Å². The number of rotatable bonds is 4. The number of H-pyrrole nitrogens is 1. The maximum atomic E-state index is 5.74. The van der Waals surface area contributed by atoms with Crippen LogP contribution in [0.5, 0.6) is 0 Å². The van der Waals surface area contributed by atoms with Crippen molar-refractivity contribution in [2.75, 3.05) is 0 Å². The Morgan fingerprint density at radius 3 is 2.82 bits per heavy atom. The summed E-state index contributed by atoms with van der Waals surface area (Å²) < 4.78 is 0. The Kier molecular flexibility index (Phi) is 3.59. The molecule has 0 saturated carbocycles. The molecular weight excluding hydrogens is 210 g/mol. The summed E-state index contributed by atoms with van der Waals surface area (Å²) in [6, 6.07) is 8.54. The molecule has 0 radical (unpaired) electrons. The molecule has 0 bridgehead atoms. The number of nitrogens with one attached hydrogen (secondary N) is 1. The van der Waals surface area contributed by atoms with E-state index in [4.69, 9.17) is 5.73 Å². The van der Waals surface area contributed by atoms with Gasteiger partial charge in [0, 0.05) is 18.0 Å². The van der Waals surface area contributed by atoms with E-state index < -0.39 is 0 Å². The Labute approximate surface area is 102 Å². The van der Waals surface area contributed by atoms with Crippen LogP contribution in [-0.2, 0) is 6.42 Å². The first-order valence-electron chi connectivity index (χ1n) is 6.02. The fourth-order valence-electron chi connectivity index (χ4n) is 1.87. The highest BCUT2D eigenvalue weighted by atomic mass is 14.9. The second kappa shape index (κ2) is 5.15. The number of hydrogen-bond acceptors (Lipinski definition) is 2. The minimum absolute atomic E-state index is 0.224. The highest BCUT2D eigenvalue weighted by molar-refractivity contribution is 5.62. The molecule has 0 spiro atoms. The van der Waals surface area contributed by atoms with Gasteiger partial charge in [0.05, 0.1) is 11.9 Å². The summed E-state index contributed by atoms with van der Waals surface area (Å²) in [5.41, 5.74) is 9.30. The van der Waals surface area contributed by atoms with Crippen LogP contribution in [0.1, 0.15) is 24.7 Å². The van der Waals surface area contributed by atoms with Gasteiger partial charge in [-0.15, -0.1) is 0 Å². The van der Waals surface area contributed by atoms with Gasteiger partial charge >= 0.3 is 0 Å². The van der Waals surface area contributed by atoms with E-state index >= 15 is 0 Å². The van der Waals surface area contributed by atoms with E-state index in [0.29, 0.717) is 0 Å². The molecule has 0 amide bonds. The summed E-state index contributed by atoms with van der Waals surface area (Å²) in [6.07, 6.45) is 3.77. The third-order valence-electron chi connectivity index (χ3n) is 2.90. The van der Waals surface area contributed by atoms with Crippen molar-refractivity contribution in [2.45, 2.75) is 32.7 Å². The minimum Gasteiger partial charge on any atom is -0.342 e. The van der Waals surface area contributed by atoms with Crippen LogP contribution in [0.4, 0.5) is 0 Å². The first-order chi connectivity index (χ1) is 8.16.